The predicted octanol–water partition coefficient (Wildman–Crippen LogP) is 6.73. The summed E-state index contributed by atoms with van der Waals surface area (Å²) in [4.78, 5) is 11.7. The van der Waals surface area contributed by atoms with Crippen molar-refractivity contribution in [3.8, 4) is 0 Å². The molecule has 0 aliphatic heterocycles. The van der Waals surface area contributed by atoms with Gasteiger partial charge in [0, 0.05) is 17.5 Å². The highest BCUT2D eigenvalue weighted by atomic mass is 79.9. The van der Waals surface area contributed by atoms with E-state index in [0.29, 0.717) is 5.12 Å². The van der Waals surface area contributed by atoms with Gasteiger partial charge in [0.2, 0.25) is 0 Å². The average Bonchev–Trinajstić information content (AvgIpc) is 2.45. The van der Waals surface area contributed by atoms with E-state index < -0.39 is 0 Å². The molecule has 0 atom stereocenters. The lowest BCUT2D eigenvalue weighted by Crippen LogP contribution is -1.94. The zero-order valence-electron chi connectivity index (χ0n) is 13.3. The van der Waals surface area contributed by atoms with Gasteiger partial charge in [0.15, 0.2) is 5.12 Å². The summed E-state index contributed by atoms with van der Waals surface area (Å²) < 4.78 is 0. The lowest BCUT2D eigenvalue weighted by molar-refractivity contribution is -0.111. The molecule has 0 aliphatic carbocycles. The Morgan fingerprint density at radius 3 is 2.00 bits per heavy atom. The van der Waals surface area contributed by atoms with E-state index >= 15 is 0 Å². The number of alkyl halides is 1. The first-order valence-electron chi connectivity index (χ1n) is 8.52. The van der Waals surface area contributed by atoms with Crippen LogP contribution >= 0.6 is 27.7 Å². The first-order chi connectivity index (χ1) is 9.81. The molecule has 0 heterocycles. The second kappa shape index (κ2) is 17.6. The maximum atomic E-state index is 11.7. The third-order valence-corrected chi connectivity index (χ3v) is 5.11. The Morgan fingerprint density at radius 1 is 0.800 bits per heavy atom. The van der Waals surface area contributed by atoms with E-state index in [4.69, 9.17) is 0 Å². The molecule has 0 aliphatic rings. The lowest BCUT2D eigenvalue weighted by Gasteiger charge is -2.02. The third-order valence-electron chi connectivity index (χ3n) is 3.53. The minimum absolute atomic E-state index is 0.413. The number of rotatable bonds is 15. The minimum Gasteiger partial charge on any atom is -0.287 e. The fourth-order valence-electron chi connectivity index (χ4n) is 2.21. The summed E-state index contributed by atoms with van der Waals surface area (Å²) in [5.41, 5.74) is 0. The summed E-state index contributed by atoms with van der Waals surface area (Å²) in [5.74, 6) is 1.04. The zero-order valence-corrected chi connectivity index (χ0v) is 15.7. The van der Waals surface area contributed by atoms with Crippen LogP contribution in [0.3, 0.4) is 0 Å². The molecule has 0 unspecified atom stereocenters. The second-order valence-electron chi connectivity index (χ2n) is 5.55. The Morgan fingerprint density at radius 2 is 1.35 bits per heavy atom. The van der Waals surface area contributed by atoms with Gasteiger partial charge in [-0.05, 0) is 19.3 Å². The molecule has 3 heteroatoms. The molecule has 1 nitrogen and oxygen atoms in total. The number of thioether (sulfide) groups is 1. The van der Waals surface area contributed by atoms with Gasteiger partial charge in [-0.25, -0.2) is 0 Å². The third kappa shape index (κ3) is 16.6. The SMILES string of the molecule is CCCCCCCCCSC(=O)CCCCCCCBr. The molecular formula is C17H33BrOS. The van der Waals surface area contributed by atoms with Crippen molar-refractivity contribution in [1.29, 1.82) is 0 Å². The summed E-state index contributed by atoms with van der Waals surface area (Å²) in [7, 11) is 0. The van der Waals surface area contributed by atoms with Crippen molar-refractivity contribution in [1.82, 2.24) is 0 Å². The Labute approximate surface area is 139 Å². The summed E-state index contributed by atoms with van der Waals surface area (Å²) >= 11 is 5.01. The zero-order chi connectivity index (χ0) is 14.9. The van der Waals surface area contributed by atoms with E-state index in [1.54, 1.807) is 11.8 Å². The van der Waals surface area contributed by atoms with Gasteiger partial charge in [-0.15, -0.1) is 0 Å². The molecule has 0 amide bonds. The van der Waals surface area contributed by atoms with E-state index in [1.165, 1.54) is 70.6 Å². The highest BCUT2D eigenvalue weighted by Crippen LogP contribution is 2.15. The number of halogens is 1. The van der Waals surface area contributed by atoms with Crippen LogP contribution in [0.25, 0.3) is 0 Å². The van der Waals surface area contributed by atoms with Crippen molar-refractivity contribution in [3.05, 3.63) is 0 Å². The smallest absolute Gasteiger partial charge is 0.188 e. The molecule has 0 saturated heterocycles. The Hall–Kier alpha value is 0.500. The lowest BCUT2D eigenvalue weighted by atomic mass is 10.1. The summed E-state index contributed by atoms with van der Waals surface area (Å²) in [6.45, 7) is 2.25. The minimum atomic E-state index is 0.413. The number of unbranched alkanes of at least 4 members (excludes halogenated alkanes) is 10. The van der Waals surface area contributed by atoms with Crippen LogP contribution < -0.4 is 0 Å². The van der Waals surface area contributed by atoms with Crippen molar-refractivity contribution < 1.29 is 4.79 Å². The quantitative estimate of drug-likeness (QED) is 0.236. The number of carbonyl (C=O) groups excluding carboxylic acids is 1. The number of hydrogen-bond donors (Lipinski definition) is 0. The molecule has 0 N–H and O–H groups in total. The van der Waals surface area contributed by atoms with E-state index in [9.17, 15) is 4.79 Å². The summed E-state index contributed by atoms with van der Waals surface area (Å²) in [6.07, 6.45) is 16.3. The van der Waals surface area contributed by atoms with Crippen LogP contribution in [-0.4, -0.2) is 16.2 Å². The molecule has 0 fully saturated rings. The van der Waals surface area contributed by atoms with Crippen molar-refractivity contribution in [2.45, 2.75) is 90.4 Å². The largest absolute Gasteiger partial charge is 0.287 e. The van der Waals surface area contributed by atoms with Crippen LogP contribution in [0.2, 0.25) is 0 Å². The Balaban J connectivity index is 3.12. The maximum absolute atomic E-state index is 11.7. The van der Waals surface area contributed by atoms with Gasteiger partial charge in [-0.3, -0.25) is 4.79 Å². The molecule has 0 aromatic carbocycles. The van der Waals surface area contributed by atoms with Crippen LogP contribution in [-0.2, 0) is 4.79 Å². The number of hydrogen-bond acceptors (Lipinski definition) is 2. The Bertz CT molecular complexity index is 209. The van der Waals surface area contributed by atoms with Crippen molar-refractivity contribution >= 4 is 32.8 Å². The van der Waals surface area contributed by atoms with Crippen molar-refractivity contribution in [2.24, 2.45) is 0 Å². The van der Waals surface area contributed by atoms with Gasteiger partial charge < -0.3 is 0 Å². The second-order valence-corrected chi connectivity index (χ2v) is 7.49. The van der Waals surface area contributed by atoms with Gasteiger partial charge in [0.1, 0.15) is 0 Å². The van der Waals surface area contributed by atoms with Gasteiger partial charge in [0.05, 0.1) is 0 Å². The standard InChI is InChI=1S/C17H33BrOS/c1-2-3-4-5-6-10-13-16-20-17(19)14-11-8-7-9-12-15-18/h2-16H2,1H3. The molecule has 120 valence electrons. The maximum Gasteiger partial charge on any atom is 0.188 e. The van der Waals surface area contributed by atoms with Gasteiger partial charge in [-0.1, -0.05) is 92.4 Å². The fourth-order valence-corrected chi connectivity index (χ4v) is 3.47. The van der Waals surface area contributed by atoms with Crippen molar-refractivity contribution in [2.75, 3.05) is 11.1 Å². The molecule has 0 aromatic rings. The molecule has 0 spiro atoms. The van der Waals surface area contributed by atoms with Crippen LogP contribution in [0.15, 0.2) is 0 Å². The molecule has 0 aromatic heterocycles. The van der Waals surface area contributed by atoms with Gasteiger partial charge >= 0.3 is 0 Å². The predicted molar refractivity (Wildman–Crippen MR) is 97.0 cm³/mol. The highest BCUT2D eigenvalue weighted by Gasteiger charge is 2.02. The van der Waals surface area contributed by atoms with Crippen molar-refractivity contribution in [3.63, 3.8) is 0 Å². The monoisotopic (exact) mass is 364 g/mol. The van der Waals surface area contributed by atoms with Crippen LogP contribution in [0, 0.1) is 0 Å². The Kier molecular flexibility index (Phi) is 18.0. The number of carbonyl (C=O) groups is 1. The van der Waals surface area contributed by atoms with Crippen LogP contribution in [0.1, 0.15) is 90.4 Å². The molecule has 0 saturated carbocycles. The van der Waals surface area contributed by atoms with Gasteiger partial charge in [-0.2, -0.15) is 0 Å². The first-order valence-corrected chi connectivity index (χ1v) is 10.6. The fraction of sp³-hybridized carbons (Fsp3) is 0.941. The van der Waals surface area contributed by atoms with E-state index in [0.717, 1.165) is 23.9 Å². The highest BCUT2D eigenvalue weighted by molar-refractivity contribution is 9.09. The average molecular weight is 365 g/mol. The van der Waals surface area contributed by atoms with Crippen LogP contribution in [0.4, 0.5) is 0 Å². The van der Waals surface area contributed by atoms with E-state index in [1.807, 2.05) is 0 Å². The van der Waals surface area contributed by atoms with E-state index in [2.05, 4.69) is 22.9 Å². The molecular weight excluding hydrogens is 332 g/mol. The summed E-state index contributed by atoms with van der Waals surface area (Å²) in [6, 6.07) is 0. The van der Waals surface area contributed by atoms with Crippen LogP contribution in [0.5, 0.6) is 0 Å². The van der Waals surface area contributed by atoms with E-state index in [-0.39, 0.29) is 0 Å². The molecule has 20 heavy (non-hydrogen) atoms. The summed E-state index contributed by atoms with van der Waals surface area (Å²) in [5, 5.41) is 1.52. The first kappa shape index (κ1) is 20.5. The molecule has 0 radical (unpaired) electrons. The molecule has 0 rings (SSSR count). The normalized spacial score (nSPS) is 10.9. The topological polar surface area (TPSA) is 17.1 Å². The molecule has 0 bridgehead atoms. The van der Waals surface area contributed by atoms with Gasteiger partial charge in [0.25, 0.3) is 0 Å².